The molecule has 0 aliphatic rings. The van der Waals surface area contributed by atoms with E-state index >= 15 is 0 Å². The average molecular weight is 223 g/mol. The number of hydrogen-bond donors (Lipinski definition) is 2. The standard InChI is InChI=1S/C11H13NO4/c1-16-8-2-3-9(7(4-8)6-13)10(12)5-11(14)15/h2-4,6,10H,5,12H2,1H3,(H,14,15). The van der Waals surface area contributed by atoms with Crippen LogP contribution >= 0.6 is 0 Å². The number of rotatable bonds is 5. The fourth-order valence-electron chi connectivity index (χ4n) is 1.42. The number of carboxylic acids is 1. The second-order valence-corrected chi connectivity index (χ2v) is 3.32. The van der Waals surface area contributed by atoms with Gasteiger partial charge in [0.15, 0.2) is 6.29 Å². The summed E-state index contributed by atoms with van der Waals surface area (Å²) >= 11 is 0. The molecule has 0 radical (unpaired) electrons. The van der Waals surface area contributed by atoms with Crippen molar-refractivity contribution in [3.63, 3.8) is 0 Å². The van der Waals surface area contributed by atoms with E-state index in [-0.39, 0.29) is 6.42 Å². The lowest BCUT2D eigenvalue weighted by Crippen LogP contribution is -2.16. The monoisotopic (exact) mass is 223 g/mol. The van der Waals surface area contributed by atoms with Crippen molar-refractivity contribution in [2.45, 2.75) is 12.5 Å². The normalized spacial score (nSPS) is 11.9. The van der Waals surface area contributed by atoms with E-state index in [1.807, 2.05) is 0 Å². The predicted octanol–water partition coefficient (Wildman–Crippen LogP) is 0.982. The number of methoxy groups -OCH3 is 1. The minimum absolute atomic E-state index is 0.215. The van der Waals surface area contributed by atoms with E-state index in [0.717, 1.165) is 0 Å². The number of hydrogen-bond acceptors (Lipinski definition) is 4. The first-order valence-electron chi connectivity index (χ1n) is 4.69. The molecule has 0 fully saturated rings. The van der Waals surface area contributed by atoms with Gasteiger partial charge in [0.1, 0.15) is 5.75 Å². The summed E-state index contributed by atoms with van der Waals surface area (Å²) in [6.07, 6.45) is 0.423. The van der Waals surface area contributed by atoms with Gasteiger partial charge in [-0.3, -0.25) is 9.59 Å². The fourth-order valence-corrected chi connectivity index (χ4v) is 1.42. The second-order valence-electron chi connectivity index (χ2n) is 3.32. The molecule has 1 aromatic carbocycles. The average Bonchev–Trinajstić information content (AvgIpc) is 2.27. The summed E-state index contributed by atoms with van der Waals surface area (Å²) in [6.45, 7) is 0. The molecule has 0 aromatic heterocycles. The van der Waals surface area contributed by atoms with Crippen LogP contribution < -0.4 is 10.5 Å². The van der Waals surface area contributed by atoms with Crippen molar-refractivity contribution in [3.8, 4) is 5.75 Å². The highest BCUT2D eigenvalue weighted by atomic mass is 16.5. The van der Waals surface area contributed by atoms with E-state index in [2.05, 4.69) is 0 Å². The lowest BCUT2D eigenvalue weighted by molar-refractivity contribution is -0.137. The zero-order valence-electron chi connectivity index (χ0n) is 8.84. The lowest BCUT2D eigenvalue weighted by Gasteiger charge is -2.12. The molecule has 5 nitrogen and oxygen atoms in total. The molecule has 0 aliphatic heterocycles. The minimum atomic E-state index is -1.000. The van der Waals surface area contributed by atoms with Crippen LogP contribution in [0.5, 0.6) is 5.75 Å². The quantitative estimate of drug-likeness (QED) is 0.726. The van der Waals surface area contributed by atoms with Crippen LogP contribution in [0, 0.1) is 0 Å². The molecule has 5 heteroatoms. The maximum Gasteiger partial charge on any atom is 0.305 e. The smallest absolute Gasteiger partial charge is 0.305 e. The molecule has 0 heterocycles. The van der Waals surface area contributed by atoms with Gasteiger partial charge in [-0.1, -0.05) is 6.07 Å². The molecule has 16 heavy (non-hydrogen) atoms. The number of aldehydes is 1. The molecule has 1 unspecified atom stereocenters. The van der Waals surface area contributed by atoms with Gasteiger partial charge < -0.3 is 15.6 Å². The van der Waals surface area contributed by atoms with E-state index < -0.39 is 12.0 Å². The van der Waals surface area contributed by atoms with Gasteiger partial charge in [-0.05, 0) is 17.7 Å². The van der Waals surface area contributed by atoms with Crippen LogP contribution in [-0.2, 0) is 4.79 Å². The Bertz CT molecular complexity index is 403. The Balaban J connectivity index is 3.03. The number of nitrogens with two attached hydrogens (primary N) is 1. The lowest BCUT2D eigenvalue weighted by atomic mass is 9.99. The number of ether oxygens (including phenoxy) is 1. The Kier molecular flexibility index (Phi) is 4.02. The third kappa shape index (κ3) is 2.80. The Labute approximate surface area is 92.8 Å². The summed E-state index contributed by atoms with van der Waals surface area (Å²) in [6, 6.07) is 4.09. The summed E-state index contributed by atoms with van der Waals surface area (Å²) in [7, 11) is 1.49. The minimum Gasteiger partial charge on any atom is -0.497 e. The van der Waals surface area contributed by atoms with Gasteiger partial charge in [0, 0.05) is 11.6 Å². The first kappa shape index (κ1) is 12.2. The van der Waals surface area contributed by atoms with Crippen LogP contribution in [0.4, 0.5) is 0 Å². The molecule has 0 aliphatic carbocycles. The van der Waals surface area contributed by atoms with Gasteiger partial charge in [-0.2, -0.15) is 0 Å². The van der Waals surface area contributed by atoms with Crippen molar-refractivity contribution in [1.29, 1.82) is 0 Å². The van der Waals surface area contributed by atoms with Crippen molar-refractivity contribution in [3.05, 3.63) is 29.3 Å². The molecule has 0 spiro atoms. The molecular formula is C11H13NO4. The van der Waals surface area contributed by atoms with Crippen LogP contribution in [0.3, 0.4) is 0 Å². The summed E-state index contributed by atoms with van der Waals surface area (Å²) in [5.41, 5.74) is 6.55. The Morgan fingerprint density at radius 2 is 2.31 bits per heavy atom. The van der Waals surface area contributed by atoms with Gasteiger partial charge in [-0.25, -0.2) is 0 Å². The van der Waals surface area contributed by atoms with E-state index in [4.69, 9.17) is 15.6 Å². The highest BCUT2D eigenvalue weighted by Crippen LogP contribution is 2.22. The van der Waals surface area contributed by atoms with Crippen molar-refractivity contribution in [2.24, 2.45) is 5.73 Å². The number of carboxylic acid groups (broad SMARTS) is 1. The number of benzene rings is 1. The molecular weight excluding hydrogens is 210 g/mol. The first-order valence-corrected chi connectivity index (χ1v) is 4.69. The van der Waals surface area contributed by atoms with E-state index in [0.29, 0.717) is 23.2 Å². The maximum atomic E-state index is 10.8. The molecule has 0 saturated heterocycles. The van der Waals surface area contributed by atoms with Crippen molar-refractivity contribution < 1.29 is 19.4 Å². The summed E-state index contributed by atoms with van der Waals surface area (Å²) in [5.74, 6) is -0.464. The number of carbonyl (C=O) groups excluding carboxylic acids is 1. The summed E-state index contributed by atoms with van der Waals surface area (Å²) < 4.78 is 4.96. The van der Waals surface area contributed by atoms with Crippen molar-refractivity contribution in [2.75, 3.05) is 7.11 Å². The van der Waals surface area contributed by atoms with Gasteiger partial charge in [-0.15, -0.1) is 0 Å². The Morgan fingerprint density at radius 1 is 1.62 bits per heavy atom. The zero-order valence-corrected chi connectivity index (χ0v) is 8.84. The van der Waals surface area contributed by atoms with E-state index in [9.17, 15) is 9.59 Å². The number of carbonyl (C=O) groups is 2. The Morgan fingerprint density at radius 3 is 2.81 bits per heavy atom. The van der Waals surface area contributed by atoms with Crippen molar-refractivity contribution in [1.82, 2.24) is 0 Å². The predicted molar refractivity (Wildman–Crippen MR) is 57.6 cm³/mol. The summed E-state index contributed by atoms with van der Waals surface area (Å²) in [5, 5.41) is 8.62. The van der Waals surface area contributed by atoms with Gasteiger partial charge in [0.25, 0.3) is 0 Å². The third-order valence-corrected chi connectivity index (χ3v) is 2.21. The third-order valence-electron chi connectivity index (χ3n) is 2.21. The van der Waals surface area contributed by atoms with Crippen LogP contribution in [0.15, 0.2) is 18.2 Å². The largest absolute Gasteiger partial charge is 0.497 e. The van der Waals surface area contributed by atoms with Gasteiger partial charge in [0.2, 0.25) is 0 Å². The topological polar surface area (TPSA) is 89.6 Å². The molecule has 0 saturated carbocycles. The molecule has 0 bridgehead atoms. The van der Waals surface area contributed by atoms with Gasteiger partial charge in [0.05, 0.1) is 13.5 Å². The van der Waals surface area contributed by atoms with Crippen LogP contribution in [0.25, 0.3) is 0 Å². The van der Waals surface area contributed by atoms with Crippen molar-refractivity contribution >= 4 is 12.3 Å². The second kappa shape index (κ2) is 5.27. The maximum absolute atomic E-state index is 10.8. The molecule has 3 N–H and O–H groups in total. The Hall–Kier alpha value is -1.88. The first-order chi connectivity index (χ1) is 7.58. The molecule has 1 aromatic rings. The van der Waals surface area contributed by atoms with Crippen LogP contribution in [0.1, 0.15) is 28.4 Å². The highest BCUT2D eigenvalue weighted by molar-refractivity contribution is 5.79. The van der Waals surface area contributed by atoms with E-state index in [1.165, 1.54) is 13.2 Å². The molecule has 0 amide bonds. The highest BCUT2D eigenvalue weighted by Gasteiger charge is 2.14. The van der Waals surface area contributed by atoms with Crippen LogP contribution in [0.2, 0.25) is 0 Å². The fraction of sp³-hybridized carbons (Fsp3) is 0.273. The van der Waals surface area contributed by atoms with E-state index in [1.54, 1.807) is 12.1 Å². The summed E-state index contributed by atoms with van der Waals surface area (Å²) in [4.78, 5) is 21.3. The van der Waals surface area contributed by atoms with Crippen LogP contribution in [-0.4, -0.2) is 24.5 Å². The van der Waals surface area contributed by atoms with Gasteiger partial charge >= 0.3 is 5.97 Å². The zero-order chi connectivity index (χ0) is 12.1. The number of aliphatic carboxylic acids is 1. The SMILES string of the molecule is COc1ccc(C(N)CC(=O)O)c(C=O)c1. The molecule has 86 valence electrons. The molecule has 1 atom stereocenters. The molecule has 1 rings (SSSR count).